The first-order valence-electron chi connectivity index (χ1n) is 7.84. The summed E-state index contributed by atoms with van der Waals surface area (Å²) in [5.41, 5.74) is 4.33. The van der Waals surface area contributed by atoms with Crippen LogP contribution in [0.3, 0.4) is 0 Å². The number of esters is 1. The van der Waals surface area contributed by atoms with E-state index in [0.717, 1.165) is 22.5 Å². The van der Waals surface area contributed by atoms with Crippen LogP contribution in [0.15, 0.2) is 24.3 Å². The minimum Gasteiger partial charge on any atom is -0.452 e. The monoisotopic (exact) mass is 329 g/mol. The van der Waals surface area contributed by atoms with Crippen LogP contribution in [0.25, 0.3) is 0 Å². The first-order valence-corrected chi connectivity index (χ1v) is 7.84. The van der Waals surface area contributed by atoms with Crippen molar-refractivity contribution < 1.29 is 14.3 Å². The zero-order valence-electron chi connectivity index (χ0n) is 14.7. The molecule has 0 aliphatic heterocycles. The van der Waals surface area contributed by atoms with Gasteiger partial charge in [-0.3, -0.25) is 14.3 Å². The van der Waals surface area contributed by atoms with Crippen molar-refractivity contribution in [1.82, 2.24) is 9.78 Å². The predicted octanol–water partition coefficient (Wildman–Crippen LogP) is 2.46. The summed E-state index contributed by atoms with van der Waals surface area (Å²) in [4.78, 5) is 24.2. The van der Waals surface area contributed by atoms with Crippen LogP contribution >= 0.6 is 0 Å². The molecule has 0 unspecified atom stereocenters. The Morgan fingerprint density at radius 1 is 1.21 bits per heavy atom. The second-order valence-corrected chi connectivity index (χ2v) is 5.94. The van der Waals surface area contributed by atoms with Crippen LogP contribution < -0.4 is 5.32 Å². The highest BCUT2D eigenvalue weighted by Gasteiger charge is 2.20. The number of hydrogen-bond acceptors (Lipinski definition) is 4. The molecule has 0 saturated heterocycles. The Morgan fingerprint density at radius 2 is 1.83 bits per heavy atom. The van der Waals surface area contributed by atoms with Crippen LogP contribution in [0.1, 0.15) is 29.4 Å². The molecule has 0 radical (unpaired) electrons. The van der Waals surface area contributed by atoms with E-state index < -0.39 is 12.1 Å². The molecule has 0 aliphatic carbocycles. The van der Waals surface area contributed by atoms with Gasteiger partial charge in [-0.15, -0.1) is 0 Å². The lowest BCUT2D eigenvalue weighted by molar-refractivity contribution is -0.152. The summed E-state index contributed by atoms with van der Waals surface area (Å²) in [5.74, 6) is -0.799. The van der Waals surface area contributed by atoms with Crippen molar-refractivity contribution in [3.63, 3.8) is 0 Å². The van der Waals surface area contributed by atoms with E-state index in [1.165, 1.54) is 0 Å². The molecular weight excluding hydrogens is 306 g/mol. The van der Waals surface area contributed by atoms with E-state index in [4.69, 9.17) is 4.74 Å². The molecule has 0 fully saturated rings. The highest BCUT2D eigenvalue weighted by molar-refractivity contribution is 5.95. The maximum absolute atomic E-state index is 12.1. The van der Waals surface area contributed by atoms with Crippen molar-refractivity contribution in [2.75, 3.05) is 5.32 Å². The molecule has 0 aliphatic rings. The number of aromatic nitrogens is 2. The van der Waals surface area contributed by atoms with E-state index >= 15 is 0 Å². The molecule has 24 heavy (non-hydrogen) atoms. The Balaban J connectivity index is 1.93. The van der Waals surface area contributed by atoms with Gasteiger partial charge >= 0.3 is 5.97 Å². The predicted molar refractivity (Wildman–Crippen MR) is 91.7 cm³/mol. The third-order valence-electron chi connectivity index (χ3n) is 3.98. The van der Waals surface area contributed by atoms with Crippen molar-refractivity contribution in [3.05, 3.63) is 46.8 Å². The van der Waals surface area contributed by atoms with Gasteiger partial charge in [0.05, 0.1) is 12.1 Å². The van der Waals surface area contributed by atoms with E-state index in [9.17, 15) is 9.59 Å². The summed E-state index contributed by atoms with van der Waals surface area (Å²) >= 11 is 0. The lowest BCUT2D eigenvalue weighted by Gasteiger charge is -2.14. The summed E-state index contributed by atoms with van der Waals surface area (Å²) in [6, 6.07) is 7.43. The number of ether oxygens (including phenoxy) is 1. The van der Waals surface area contributed by atoms with Crippen LogP contribution in [-0.4, -0.2) is 27.8 Å². The Bertz CT molecular complexity index is 748. The summed E-state index contributed by atoms with van der Waals surface area (Å²) in [5, 5.41) is 7.00. The van der Waals surface area contributed by atoms with Gasteiger partial charge in [0, 0.05) is 24.0 Å². The number of aryl methyl sites for hydroxylation is 3. The fourth-order valence-electron chi connectivity index (χ4n) is 2.39. The largest absolute Gasteiger partial charge is 0.452 e. The molecule has 6 heteroatoms. The van der Waals surface area contributed by atoms with E-state index in [1.807, 2.05) is 52.1 Å². The molecule has 0 saturated carbocycles. The lowest BCUT2D eigenvalue weighted by Crippen LogP contribution is -2.30. The molecule has 1 aromatic carbocycles. The quantitative estimate of drug-likeness (QED) is 0.855. The maximum atomic E-state index is 12.1. The molecular formula is C18H23N3O3. The fraction of sp³-hybridized carbons (Fsp3) is 0.389. The normalized spacial score (nSPS) is 11.9. The minimum atomic E-state index is -0.865. The number of nitrogens with zero attached hydrogens (tertiary/aromatic N) is 2. The summed E-state index contributed by atoms with van der Waals surface area (Å²) in [6.07, 6.45) is -0.760. The van der Waals surface area contributed by atoms with Crippen LogP contribution in [0.4, 0.5) is 5.69 Å². The van der Waals surface area contributed by atoms with E-state index in [2.05, 4.69) is 10.4 Å². The SMILES string of the molecule is Cc1ccc(NC(=O)[C@H](C)OC(=O)Cc2c(C)nn(C)c2C)cc1. The van der Waals surface area contributed by atoms with Crippen molar-refractivity contribution in [2.24, 2.45) is 7.05 Å². The third-order valence-corrected chi connectivity index (χ3v) is 3.98. The minimum absolute atomic E-state index is 0.105. The summed E-state index contributed by atoms with van der Waals surface area (Å²) in [7, 11) is 1.83. The number of carbonyl (C=O) groups is 2. The summed E-state index contributed by atoms with van der Waals surface area (Å²) in [6.45, 7) is 7.28. The molecule has 1 N–H and O–H groups in total. The number of rotatable bonds is 5. The molecule has 0 bridgehead atoms. The number of benzene rings is 1. The zero-order chi connectivity index (χ0) is 17.9. The average Bonchev–Trinajstić information content (AvgIpc) is 2.76. The van der Waals surface area contributed by atoms with E-state index in [-0.39, 0.29) is 12.3 Å². The molecule has 1 heterocycles. The van der Waals surface area contributed by atoms with Crippen molar-refractivity contribution in [1.29, 1.82) is 0 Å². The van der Waals surface area contributed by atoms with Crippen LogP contribution in [0.5, 0.6) is 0 Å². The molecule has 128 valence electrons. The molecule has 1 aromatic heterocycles. The zero-order valence-corrected chi connectivity index (χ0v) is 14.7. The Labute approximate surface area is 141 Å². The number of hydrogen-bond donors (Lipinski definition) is 1. The lowest BCUT2D eigenvalue weighted by atomic mass is 10.1. The second kappa shape index (κ2) is 7.29. The van der Waals surface area contributed by atoms with Gasteiger partial charge in [0.1, 0.15) is 0 Å². The molecule has 1 atom stereocenters. The second-order valence-electron chi connectivity index (χ2n) is 5.94. The van der Waals surface area contributed by atoms with Gasteiger partial charge in [-0.1, -0.05) is 17.7 Å². The Kier molecular flexibility index (Phi) is 5.39. The fourth-order valence-corrected chi connectivity index (χ4v) is 2.39. The van der Waals surface area contributed by atoms with Gasteiger partial charge in [-0.2, -0.15) is 5.10 Å². The summed E-state index contributed by atoms with van der Waals surface area (Å²) < 4.78 is 6.97. The number of carbonyl (C=O) groups excluding carboxylic acids is 2. The Morgan fingerprint density at radius 3 is 2.38 bits per heavy atom. The molecule has 2 rings (SSSR count). The standard InChI is InChI=1S/C18H23N3O3/c1-11-6-8-15(9-7-11)19-18(23)14(4)24-17(22)10-16-12(2)20-21(5)13(16)3/h6-9,14H,10H2,1-5H3,(H,19,23)/t14-/m0/s1. The number of anilines is 1. The van der Waals surface area contributed by atoms with E-state index in [1.54, 1.807) is 11.6 Å². The first-order chi connectivity index (χ1) is 11.3. The van der Waals surface area contributed by atoms with Gasteiger partial charge in [0.25, 0.3) is 5.91 Å². The molecule has 0 spiro atoms. The van der Waals surface area contributed by atoms with Gasteiger partial charge in [-0.25, -0.2) is 0 Å². The van der Waals surface area contributed by atoms with Gasteiger partial charge in [-0.05, 0) is 39.8 Å². The molecule has 6 nitrogen and oxygen atoms in total. The van der Waals surface area contributed by atoms with Crippen molar-refractivity contribution in [3.8, 4) is 0 Å². The third kappa shape index (κ3) is 4.22. The Hall–Kier alpha value is -2.63. The van der Waals surface area contributed by atoms with E-state index in [0.29, 0.717) is 5.69 Å². The van der Waals surface area contributed by atoms with Gasteiger partial charge in [0.15, 0.2) is 6.10 Å². The van der Waals surface area contributed by atoms with Crippen LogP contribution in [0, 0.1) is 20.8 Å². The molecule has 2 aromatic rings. The van der Waals surface area contributed by atoms with Crippen molar-refractivity contribution >= 4 is 17.6 Å². The first kappa shape index (κ1) is 17.7. The number of amides is 1. The van der Waals surface area contributed by atoms with Gasteiger partial charge < -0.3 is 10.1 Å². The van der Waals surface area contributed by atoms with Crippen molar-refractivity contribution in [2.45, 2.75) is 40.2 Å². The maximum Gasteiger partial charge on any atom is 0.311 e. The van der Waals surface area contributed by atoms with Crippen LogP contribution in [-0.2, 0) is 27.8 Å². The highest BCUT2D eigenvalue weighted by Crippen LogP contribution is 2.14. The topological polar surface area (TPSA) is 73.2 Å². The smallest absolute Gasteiger partial charge is 0.311 e. The number of nitrogens with one attached hydrogen (secondary N) is 1. The molecule has 1 amide bonds. The highest BCUT2D eigenvalue weighted by atomic mass is 16.5. The van der Waals surface area contributed by atoms with Crippen LogP contribution in [0.2, 0.25) is 0 Å². The average molecular weight is 329 g/mol. The van der Waals surface area contributed by atoms with Gasteiger partial charge in [0.2, 0.25) is 0 Å².